The maximum atomic E-state index is 6.19. The number of furan rings is 1. The maximum Gasteiger partial charge on any atom is 0.294 e. The minimum absolute atomic E-state index is 0.356. The van der Waals surface area contributed by atoms with Crippen molar-refractivity contribution in [2.24, 2.45) is 0 Å². The van der Waals surface area contributed by atoms with Gasteiger partial charge in [0.25, 0.3) is 5.19 Å². The van der Waals surface area contributed by atoms with Crippen molar-refractivity contribution in [1.29, 1.82) is 0 Å². The molecule has 8 nitrogen and oxygen atoms in total. The van der Waals surface area contributed by atoms with Gasteiger partial charge >= 0.3 is 0 Å². The largest absolute Gasteiger partial charge is 0.497 e. The van der Waals surface area contributed by atoms with E-state index in [9.17, 15) is 0 Å². The molecule has 0 unspecified atom stereocenters. The van der Waals surface area contributed by atoms with Gasteiger partial charge in [-0.2, -0.15) is 0 Å². The molecule has 0 aliphatic heterocycles. The van der Waals surface area contributed by atoms with Crippen LogP contribution in [0.15, 0.2) is 59.3 Å². The van der Waals surface area contributed by atoms with Crippen LogP contribution < -0.4 is 14.2 Å². The second-order valence-electron chi connectivity index (χ2n) is 7.79. The van der Waals surface area contributed by atoms with Crippen molar-refractivity contribution in [1.82, 2.24) is 19.6 Å². The standard InChI is InChI=1S/C25H20N4O4S2/c1-14-26-11-23(34-14)15-5-4-6-17(7-15)32-13-16-8-18(30-2)9-21-19(16)10-22(33-21)20-12-29-24(27-20)35-25(28-29)31-3/h4-12H,13H2,1-3H3. The fraction of sp³-hybridized carbons (Fsp3) is 0.160. The average Bonchev–Trinajstić information content (AvgIpc) is 3.64. The highest BCUT2D eigenvalue weighted by Crippen LogP contribution is 2.35. The van der Waals surface area contributed by atoms with Crippen LogP contribution in [0.4, 0.5) is 0 Å². The van der Waals surface area contributed by atoms with Gasteiger partial charge < -0.3 is 18.6 Å². The molecular formula is C25H20N4O4S2. The van der Waals surface area contributed by atoms with Gasteiger partial charge in [-0.1, -0.05) is 12.1 Å². The van der Waals surface area contributed by atoms with E-state index >= 15 is 0 Å². The Morgan fingerprint density at radius 2 is 1.94 bits per heavy atom. The Balaban J connectivity index is 1.31. The number of aromatic nitrogens is 4. The number of rotatable bonds is 7. The number of hydrogen-bond acceptors (Lipinski definition) is 9. The summed E-state index contributed by atoms with van der Waals surface area (Å²) in [6, 6.07) is 13.9. The summed E-state index contributed by atoms with van der Waals surface area (Å²) >= 11 is 3.03. The third kappa shape index (κ3) is 4.11. The number of nitrogens with zero attached hydrogens (tertiary/aromatic N) is 4. The molecule has 0 aliphatic carbocycles. The van der Waals surface area contributed by atoms with E-state index in [1.165, 1.54) is 11.3 Å². The Bertz CT molecular complexity index is 1630. The third-order valence-electron chi connectivity index (χ3n) is 5.52. The highest BCUT2D eigenvalue weighted by atomic mass is 32.1. The topological polar surface area (TPSA) is 83.9 Å². The normalized spacial score (nSPS) is 11.4. The van der Waals surface area contributed by atoms with Gasteiger partial charge in [0.1, 0.15) is 29.4 Å². The highest BCUT2D eigenvalue weighted by Gasteiger charge is 2.17. The maximum absolute atomic E-state index is 6.19. The molecule has 0 saturated heterocycles. The molecule has 0 amide bonds. The molecule has 4 aromatic heterocycles. The molecule has 0 saturated carbocycles. The lowest BCUT2D eigenvalue weighted by atomic mass is 10.1. The fourth-order valence-electron chi connectivity index (χ4n) is 3.83. The summed E-state index contributed by atoms with van der Waals surface area (Å²) < 4.78 is 24.7. The van der Waals surface area contributed by atoms with Crippen molar-refractivity contribution in [2.75, 3.05) is 14.2 Å². The Morgan fingerprint density at radius 1 is 1.03 bits per heavy atom. The lowest BCUT2D eigenvalue weighted by Crippen LogP contribution is -1.97. The first-order valence-corrected chi connectivity index (χ1v) is 12.4. The Kier molecular flexibility index (Phi) is 5.39. The number of aryl methyl sites for hydroxylation is 1. The smallest absolute Gasteiger partial charge is 0.294 e. The van der Waals surface area contributed by atoms with Crippen molar-refractivity contribution in [3.63, 3.8) is 0 Å². The van der Waals surface area contributed by atoms with Crippen LogP contribution >= 0.6 is 22.7 Å². The zero-order valence-electron chi connectivity index (χ0n) is 19.1. The van der Waals surface area contributed by atoms with Crippen molar-refractivity contribution >= 4 is 38.6 Å². The van der Waals surface area contributed by atoms with E-state index < -0.39 is 0 Å². The first-order chi connectivity index (χ1) is 17.1. The van der Waals surface area contributed by atoms with Crippen molar-refractivity contribution in [3.8, 4) is 38.6 Å². The molecule has 35 heavy (non-hydrogen) atoms. The van der Waals surface area contributed by atoms with E-state index in [2.05, 4.69) is 21.1 Å². The Labute approximate surface area is 208 Å². The number of benzene rings is 2. The van der Waals surface area contributed by atoms with Crippen LogP contribution in [0.2, 0.25) is 0 Å². The molecule has 176 valence electrons. The number of hydrogen-bond donors (Lipinski definition) is 0. The molecule has 0 aliphatic rings. The molecule has 0 atom stereocenters. The van der Waals surface area contributed by atoms with Crippen LogP contribution in [0.3, 0.4) is 0 Å². The second kappa shape index (κ2) is 8.71. The molecular weight excluding hydrogens is 484 g/mol. The van der Waals surface area contributed by atoms with Crippen molar-refractivity contribution in [2.45, 2.75) is 13.5 Å². The summed E-state index contributed by atoms with van der Waals surface area (Å²) in [4.78, 5) is 10.8. The van der Waals surface area contributed by atoms with E-state index in [-0.39, 0.29) is 0 Å². The van der Waals surface area contributed by atoms with Crippen LogP contribution in [-0.4, -0.2) is 33.8 Å². The SMILES string of the molecule is COc1cc(COc2cccc(-c3cnc(C)s3)c2)c2cc(-c3cn4nc(OC)sc4n3)oc2c1. The molecule has 2 aromatic carbocycles. The molecule has 4 heterocycles. The third-order valence-corrected chi connectivity index (χ3v) is 7.36. The summed E-state index contributed by atoms with van der Waals surface area (Å²) in [5.74, 6) is 2.12. The molecule has 0 spiro atoms. The highest BCUT2D eigenvalue weighted by molar-refractivity contribution is 7.18. The van der Waals surface area contributed by atoms with Gasteiger partial charge in [0, 0.05) is 23.2 Å². The van der Waals surface area contributed by atoms with E-state index in [0.29, 0.717) is 34.6 Å². The van der Waals surface area contributed by atoms with Gasteiger partial charge in [0.2, 0.25) is 4.96 Å². The van der Waals surface area contributed by atoms with Crippen LogP contribution in [0, 0.1) is 6.92 Å². The zero-order chi connectivity index (χ0) is 23.9. The van der Waals surface area contributed by atoms with E-state index in [1.54, 1.807) is 30.1 Å². The number of methoxy groups -OCH3 is 2. The molecule has 10 heteroatoms. The van der Waals surface area contributed by atoms with Gasteiger partial charge in [-0.3, -0.25) is 0 Å². The summed E-state index contributed by atoms with van der Waals surface area (Å²) in [7, 11) is 3.23. The Morgan fingerprint density at radius 3 is 2.71 bits per heavy atom. The van der Waals surface area contributed by atoms with Gasteiger partial charge in [0.15, 0.2) is 5.76 Å². The number of imidazole rings is 1. The van der Waals surface area contributed by atoms with Gasteiger partial charge in [-0.05, 0) is 48.1 Å². The first-order valence-electron chi connectivity index (χ1n) is 10.8. The summed E-state index contributed by atoms with van der Waals surface area (Å²) in [6.45, 7) is 2.36. The van der Waals surface area contributed by atoms with Crippen LogP contribution in [0.5, 0.6) is 16.7 Å². The summed E-state index contributed by atoms with van der Waals surface area (Å²) in [5, 5.41) is 6.87. The van der Waals surface area contributed by atoms with Gasteiger partial charge in [-0.25, -0.2) is 14.5 Å². The lowest BCUT2D eigenvalue weighted by molar-refractivity contribution is 0.307. The number of ether oxygens (including phenoxy) is 3. The average molecular weight is 505 g/mol. The summed E-state index contributed by atoms with van der Waals surface area (Å²) in [6.07, 6.45) is 3.72. The van der Waals surface area contributed by atoms with E-state index in [0.717, 1.165) is 37.1 Å². The van der Waals surface area contributed by atoms with Crippen molar-refractivity contribution < 1.29 is 18.6 Å². The Hall–Kier alpha value is -3.89. The van der Waals surface area contributed by atoms with Crippen LogP contribution in [-0.2, 0) is 6.61 Å². The summed E-state index contributed by atoms with van der Waals surface area (Å²) in [5.41, 5.74) is 3.43. The predicted octanol–water partition coefficient (Wildman–Crippen LogP) is 6.23. The predicted molar refractivity (Wildman–Crippen MR) is 136 cm³/mol. The van der Waals surface area contributed by atoms with Gasteiger partial charge in [0.05, 0.1) is 30.3 Å². The van der Waals surface area contributed by atoms with E-state index in [4.69, 9.17) is 18.6 Å². The molecule has 6 rings (SSSR count). The minimum Gasteiger partial charge on any atom is -0.497 e. The zero-order valence-corrected chi connectivity index (χ0v) is 20.8. The molecule has 0 bridgehead atoms. The van der Waals surface area contributed by atoms with Crippen LogP contribution in [0.25, 0.3) is 37.8 Å². The molecule has 0 N–H and O–H groups in total. The second-order valence-corrected chi connectivity index (χ2v) is 9.95. The molecule has 0 fully saturated rings. The quantitative estimate of drug-likeness (QED) is 0.255. The number of fused-ring (bicyclic) bond motifs is 2. The fourth-order valence-corrected chi connectivity index (χ4v) is 5.30. The minimum atomic E-state index is 0.356. The van der Waals surface area contributed by atoms with E-state index in [1.807, 2.05) is 55.7 Å². The monoisotopic (exact) mass is 504 g/mol. The first kappa shape index (κ1) is 21.6. The lowest BCUT2D eigenvalue weighted by Gasteiger charge is -2.10. The molecule has 6 aromatic rings. The van der Waals surface area contributed by atoms with Crippen LogP contribution in [0.1, 0.15) is 10.6 Å². The molecule has 0 radical (unpaired) electrons. The number of thiazole rings is 1. The van der Waals surface area contributed by atoms with Gasteiger partial charge in [-0.15, -0.1) is 16.4 Å². The van der Waals surface area contributed by atoms with Crippen molar-refractivity contribution in [3.05, 3.63) is 65.4 Å².